The lowest BCUT2D eigenvalue weighted by Gasteiger charge is -2.39. The molecule has 2 bridgehead atoms. The van der Waals surface area contributed by atoms with Crippen LogP contribution in [0.4, 0.5) is 15.9 Å². The highest BCUT2D eigenvalue weighted by Crippen LogP contribution is 2.38. The normalized spacial score (nSPS) is 26.9. The third kappa shape index (κ3) is 9.17. The number of anilines is 2. The molecule has 2 aromatic heterocycles. The summed E-state index contributed by atoms with van der Waals surface area (Å²) >= 11 is 0. The van der Waals surface area contributed by atoms with E-state index in [4.69, 9.17) is 26.1 Å². The number of carbonyl (C=O) groups is 4. The number of amides is 4. The summed E-state index contributed by atoms with van der Waals surface area (Å²) in [6.07, 6.45) is 16.4. The number of imide groups is 2. The maximum absolute atomic E-state index is 17.1. The summed E-state index contributed by atoms with van der Waals surface area (Å²) in [5.74, 6) is 1.58. The Bertz CT molecular complexity index is 3040. The first-order valence-corrected chi connectivity index (χ1v) is 26.3. The van der Waals surface area contributed by atoms with Gasteiger partial charge < -0.3 is 25.2 Å². The number of carbonyl (C=O) groups excluding carboxylic acids is 4. The number of piperazine rings is 2. The summed E-state index contributed by atoms with van der Waals surface area (Å²) in [5.41, 5.74) is 3.09. The van der Waals surface area contributed by atoms with Crippen molar-refractivity contribution in [3.63, 3.8) is 0 Å². The van der Waals surface area contributed by atoms with Crippen LogP contribution in [0.15, 0.2) is 60.8 Å². The van der Waals surface area contributed by atoms with E-state index in [9.17, 15) is 19.2 Å². The summed E-state index contributed by atoms with van der Waals surface area (Å²) in [5, 5.41) is 11.8. The molecule has 3 aromatic carbocycles. The van der Waals surface area contributed by atoms with Gasteiger partial charge in [0.05, 0.1) is 16.5 Å². The molecule has 5 aromatic rings. The molecule has 3 N–H and O–H groups in total. The quantitative estimate of drug-likeness (QED) is 0.107. The molecule has 4 amide bonds. The highest BCUT2D eigenvalue weighted by atomic mass is 19.1. The van der Waals surface area contributed by atoms with Crippen LogP contribution in [-0.2, 0) is 9.59 Å². The predicted octanol–water partition coefficient (Wildman–Crippen LogP) is 5.44. The average molecular weight is 988 g/mol. The van der Waals surface area contributed by atoms with Crippen LogP contribution in [-0.4, -0.2) is 160 Å². The molecule has 73 heavy (non-hydrogen) atoms. The molecular formula is C56H62FN11O5. The molecule has 5 atom stereocenters. The Morgan fingerprint density at radius 2 is 1.53 bits per heavy atom. The summed E-state index contributed by atoms with van der Waals surface area (Å²) < 4.78 is 23.6. The Morgan fingerprint density at radius 1 is 0.808 bits per heavy atom. The molecular weight excluding hydrogens is 926 g/mol. The van der Waals surface area contributed by atoms with Gasteiger partial charge in [0.15, 0.2) is 5.82 Å². The standard InChI is InChI=1S/C56H62FN11O5/c1-3-34-6-4-7-35-8-5-9-43(48(34)35)50-49(57)51-45(27-58-50)52(67-29-38-14-15-39(30-67)60-38)63-56(62-51)73-32-41-18-17-40(64(41)2)31-66-24-22-65(23-25-66)28-33-10-12-36(13-11-33)59-37-16-19-42-44(26-37)55(72)68(54(42)71)46-20-21-47(69)61-53(46)70/h1,4-9,16,19,26-27,33,36,38-41,46,59-60H,10-15,17-18,20-25,28-32H2,2H3,(H,61,69,70)/t33?,36?,38?,39?,40-,41+,46?/m0/s1. The van der Waals surface area contributed by atoms with E-state index in [0.717, 1.165) is 125 Å². The summed E-state index contributed by atoms with van der Waals surface area (Å²) in [6.45, 7) is 8.23. The van der Waals surface area contributed by atoms with Crippen molar-refractivity contribution >= 4 is 56.8 Å². The second-order valence-electron chi connectivity index (χ2n) is 21.4. The van der Waals surface area contributed by atoms with E-state index in [2.05, 4.69) is 48.5 Å². The van der Waals surface area contributed by atoms with Crippen molar-refractivity contribution in [3.8, 4) is 29.6 Å². The number of likely N-dealkylation sites (tertiary alicyclic amines) is 1. The molecule has 6 aliphatic heterocycles. The summed E-state index contributed by atoms with van der Waals surface area (Å²) in [6, 6.07) is 17.5. The number of rotatable bonds is 12. The fourth-order valence-corrected chi connectivity index (χ4v) is 12.9. The lowest BCUT2D eigenvalue weighted by molar-refractivity contribution is -0.136. The van der Waals surface area contributed by atoms with E-state index in [1.807, 2.05) is 42.5 Å². The highest BCUT2D eigenvalue weighted by molar-refractivity contribution is 6.23. The van der Waals surface area contributed by atoms with Crippen LogP contribution < -0.4 is 25.6 Å². The van der Waals surface area contributed by atoms with Gasteiger partial charge in [0, 0.05) is 117 Å². The lowest BCUT2D eigenvalue weighted by Crippen LogP contribution is -2.54. The van der Waals surface area contributed by atoms with Crippen LogP contribution in [0.1, 0.15) is 90.5 Å². The molecule has 16 nitrogen and oxygen atoms in total. The molecule has 1 saturated carbocycles. The first-order valence-electron chi connectivity index (χ1n) is 26.3. The Kier molecular flexibility index (Phi) is 12.8. The number of terminal acetylenes is 1. The second-order valence-corrected chi connectivity index (χ2v) is 21.4. The fourth-order valence-electron chi connectivity index (χ4n) is 12.9. The number of hydrogen-bond donors (Lipinski definition) is 3. The number of likely N-dealkylation sites (N-methyl/N-ethyl adjacent to an activating group) is 1. The maximum atomic E-state index is 17.1. The monoisotopic (exact) mass is 987 g/mol. The van der Waals surface area contributed by atoms with Gasteiger partial charge in [0.1, 0.15) is 29.7 Å². The van der Waals surface area contributed by atoms with Crippen LogP contribution in [0.3, 0.4) is 0 Å². The van der Waals surface area contributed by atoms with Gasteiger partial charge in [0.2, 0.25) is 11.8 Å². The number of ether oxygens (including phenoxy) is 1. The molecule has 7 aliphatic rings. The Morgan fingerprint density at radius 3 is 2.29 bits per heavy atom. The zero-order valence-electron chi connectivity index (χ0n) is 41.3. The van der Waals surface area contributed by atoms with Crippen molar-refractivity contribution in [3.05, 3.63) is 83.3 Å². The van der Waals surface area contributed by atoms with E-state index in [1.165, 1.54) is 0 Å². The molecule has 17 heteroatoms. The Labute approximate surface area is 424 Å². The fraction of sp³-hybridized carbons (Fsp3) is 0.482. The topological polar surface area (TPSA) is 168 Å². The minimum absolute atomic E-state index is 0.0920. The molecule has 5 saturated heterocycles. The Balaban J connectivity index is 0.636. The highest BCUT2D eigenvalue weighted by Gasteiger charge is 2.45. The number of fused-ring (bicyclic) bond motifs is 5. The van der Waals surface area contributed by atoms with Gasteiger partial charge in [-0.3, -0.25) is 44.2 Å². The van der Waals surface area contributed by atoms with Crippen LogP contribution in [0, 0.1) is 24.1 Å². The van der Waals surface area contributed by atoms with Gasteiger partial charge in [-0.25, -0.2) is 4.39 Å². The zero-order valence-corrected chi connectivity index (χ0v) is 41.3. The number of nitrogens with zero attached hydrogens (tertiary/aromatic N) is 8. The van der Waals surface area contributed by atoms with Gasteiger partial charge in [-0.05, 0) is 100 Å². The van der Waals surface area contributed by atoms with Crippen molar-refractivity contribution in [2.24, 2.45) is 5.92 Å². The second kappa shape index (κ2) is 19.7. The number of nitrogens with one attached hydrogen (secondary N) is 3. The lowest BCUT2D eigenvalue weighted by atomic mass is 9.85. The number of halogens is 1. The molecule has 0 radical (unpaired) electrons. The van der Waals surface area contributed by atoms with Crippen molar-refractivity contribution in [1.82, 2.24) is 45.2 Å². The summed E-state index contributed by atoms with van der Waals surface area (Å²) in [4.78, 5) is 76.2. The number of piperidine rings is 1. The van der Waals surface area contributed by atoms with E-state index >= 15 is 4.39 Å². The number of hydrogen-bond acceptors (Lipinski definition) is 14. The first kappa shape index (κ1) is 47.4. The molecule has 8 heterocycles. The van der Waals surface area contributed by atoms with Crippen molar-refractivity contribution in [2.75, 3.05) is 76.2 Å². The van der Waals surface area contributed by atoms with Crippen LogP contribution in [0.5, 0.6) is 6.01 Å². The van der Waals surface area contributed by atoms with Crippen molar-refractivity contribution < 1.29 is 28.3 Å². The molecule has 6 fully saturated rings. The smallest absolute Gasteiger partial charge is 0.319 e. The van der Waals surface area contributed by atoms with E-state index in [-0.39, 0.29) is 48.1 Å². The van der Waals surface area contributed by atoms with Crippen LogP contribution in [0.25, 0.3) is 32.9 Å². The predicted molar refractivity (Wildman–Crippen MR) is 276 cm³/mol. The SMILES string of the molecule is C#Cc1cccc2cccc(-c3ncc4c(N5CC6CCC(C5)N6)nc(OC[C@H]5CC[C@@H](CN6CCN(CC7CCC(Nc8ccc9c(c8)C(=O)N(C8CCC(=O)NC8=O)C9=O)CC7)CC6)N5C)nc4c3F)c12. The molecule has 378 valence electrons. The van der Waals surface area contributed by atoms with Crippen molar-refractivity contribution in [2.45, 2.75) is 100 Å². The largest absolute Gasteiger partial charge is 0.462 e. The van der Waals surface area contributed by atoms with E-state index in [0.29, 0.717) is 64.1 Å². The van der Waals surface area contributed by atoms with E-state index in [1.54, 1.807) is 18.3 Å². The molecule has 3 unspecified atom stereocenters. The van der Waals surface area contributed by atoms with Crippen molar-refractivity contribution in [1.29, 1.82) is 0 Å². The minimum Gasteiger partial charge on any atom is -0.462 e. The average Bonchev–Trinajstić information content (AvgIpc) is 4.02. The zero-order chi connectivity index (χ0) is 49.9. The van der Waals surface area contributed by atoms with Gasteiger partial charge in [0.25, 0.3) is 11.8 Å². The minimum atomic E-state index is -0.975. The Hall–Kier alpha value is -6.58. The van der Waals surface area contributed by atoms with Crippen LogP contribution in [0.2, 0.25) is 0 Å². The van der Waals surface area contributed by atoms with Gasteiger partial charge in [-0.2, -0.15) is 9.97 Å². The molecule has 0 spiro atoms. The maximum Gasteiger partial charge on any atom is 0.319 e. The molecule has 12 rings (SSSR count). The number of aromatic nitrogens is 3. The third-order valence-electron chi connectivity index (χ3n) is 17.0. The third-order valence-corrected chi connectivity index (χ3v) is 17.0. The first-order chi connectivity index (χ1) is 35.5. The molecule has 1 aliphatic carbocycles. The van der Waals surface area contributed by atoms with Gasteiger partial charge in [-0.15, -0.1) is 6.42 Å². The summed E-state index contributed by atoms with van der Waals surface area (Å²) in [7, 11) is 2.20. The van der Waals surface area contributed by atoms with E-state index < -0.39 is 29.6 Å². The number of pyridine rings is 1. The van der Waals surface area contributed by atoms with Gasteiger partial charge in [-0.1, -0.05) is 36.3 Å². The van der Waals surface area contributed by atoms with Gasteiger partial charge >= 0.3 is 6.01 Å². The van der Waals surface area contributed by atoms with Crippen LogP contribution >= 0.6 is 0 Å². The number of benzene rings is 3.